The number of rotatable bonds is 4. The highest BCUT2D eigenvalue weighted by molar-refractivity contribution is 5.23. The van der Waals surface area contributed by atoms with Crippen molar-refractivity contribution >= 4 is 0 Å². The molecule has 4 unspecified atom stereocenters. The maximum Gasteiger partial charge on any atom is 0.216 e. The summed E-state index contributed by atoms with van der Waals surface area (Å²) in [5.74, 6) is 0.587. The lowest BCUT2D eigenvalue weighted by molar-refractivity contribution is 0.0439. The van der Waals surface area contributed by atoms with Crippen LogP contribution in [0.4, 0.5) is 8.78 Å². The predicted molar refractivity (Wildman–Crippen MR) is 94.3 cm³/mol. The van der Waals surface area contributed by atoms with E-state index in [1.54, 1.807) is 12.3 Å². The Bertz CT molecular complexity index is 713. The molecule has 4 rings (SSSR count). The molecule has 0 bridgehead atoms. The molecule has 2 aromatic rings. The van der Waals surface area contributed by atoms with E-state index in [1.807, 2.05) is 12.1 Å². The average molecular weight is 359 g/mol. The van der Waals surface area contributed by atoms with Crippen LogP contribution < -0.4 is 4.74 Å². The molecule has 6 heteroatoms. The molecule has 1 aliphatic heterocycles. The van der Waals surface area contributed by atoms with Crippen LogP contribution in [-0.4, -0.2) is 46.3 Å². The number of nitrogens with zero attached hydrogens (tertiary/aromatic N) is 3. The van der Waals surface area contributed by atoms with E-state index in [4.69, 9.17) is 4.74 Å². The molecule has 1 saturated heterocycles. The molecule has 0 amide bonds. The van der Waals surface area contributed by atoms with Gasteiger partial charge < -0.3 is 4.74 Å². The molecule has 1 aromatic heterocycles. The molecule has 4 nitrogen and oxygen atoms in total. The van der Waals surface area contributed by atoms with Gasteiger partial charge in [0.05, 0.1) is 0 Å². The van der Waals surface area contributed by atoms with Gasteiger partial charge in [-0.2, -0.15) is 0 Å². The van der Waals surface area contributed by atoms with Crippen LogP contribution in [0, 0.1) is 5.82 Å². The Hall–Kier alpha value is -2.08. The molecule has 4 atom stereocenters. The zero-order valence-electron chi connectivity index (χ0n) is 14.6. The van der Waals surface area contributed by atoms with E-state index >= 15 is 0 Å². The summed E-state index contributed by atoms with van der Waals surface area (Å²) in [6.07, 6.45) is 5.50. The van der Waals surface area contributed by atoms with Crippen molar-refractivity contribution < 1.29 is 13.5 Å². The fraction of sp³-hybridized carbons (Fsp3) is 0.500. The smallest absolute Gasteiger partial charge is 0.216 e. The zero-order chi connectivity index (χ0) is 17.9. The second-order valence-electron chi connectivity index (χ2n) is 7.23. The van der Waals surface area contributed by atoms with Crippen LogP contribution in [0.3, 0.4) is 0 Å². The maximum absolute atomic E-state index is 14.0. The summed E-state index contributed by atoms with van der Waals surface area (Å²) in [7, 11) is 0. The van der Waals surface area contributed by atoms with Gasteiger partial charge in [-0.1, -0.05) is 12.1 Å². The van der Waals surface area contributed by atoms with Crippen LogP contribution in [0.15, 0.2) is 42.9 Å². The van der Waals surface area contributed by atoms with Crippen molar-refractivity contribution in [2.24, 2.45) is 0 Å². The van der Waals surface area contributed by atoms with Crippen LogP contribution in [-0.2, 0) is 0 Å². The van der Waals surface area contributed by atoms with E-state index in [0.717, 1.165) is 31.4 Å². The van der Waals surface area contributed by atoms with E-state index in [9.17, 15) is 8.78 Å². The lowest BCUT2D eigenvalue weighted by Gasteiger charge is -2.36. The number of piperidine rings is 1. The molecule has 1 aliphatic carbocycles. The fourth-order valence-corrected chi connectivity index (χ4v) is 4.25. The van der Waals surface area contributed by atoms with Crippen molar-refractivity contribution in [1.82, 2.24) is 14.9 Å². The third-order valence-corrected chi connectivity index (χ3v) is 5.50. The van der Waals surface area contributed by atoms with Crippen molar-refractivity contribution in [3.05, 3.63) is 54.2 Å². The number of likely N-dealkylation sites (tertiary alicyclic amines) is 1. The number of aromatic nitrogens is 2. The number of halogens is 2. The second kappa shape index (κ2) is 7.66. The van der Waals surface area contributed by atoms with Gasteiger partial charge >= 0.3 is 0 Å². The van der Waals surface area contributed by atoms with Gasteiger partial charge in [0.15, 0.2) is 0 Å². The van der Waals surface area contributed by atoms with Gasteiger partial charge in [0.25, 0.3) is 0 Å². The van der Waals surface area contributed by atoms with Crippen LogP contribution in [0.2, 0.25) is 0 Å². The van der Waals surface area contributed by atoms with Crippen molar-refractivity contribution in [2.75, 3.05) is 13.1 Å². The topological polar surface area (TPSA) is 38.3 Å². The van der Waals surface area contributed by atoms with E-state index in [1.165, 1.54) is 18.5 Å². The lowest BCUT2D eigenvalue weighted by Crippen LogP contribution is -2.48. The highest BCUT2D eigenvalue weighted by atomic mass is 19.1. The SMILES string of the molecule is Fc1ccc(C2CC(Oc3ccncn3)C(N3CCCC(F)C3)C2)cc1. The van der Waals surface area contributed by atoms with Crippen LogP contribution >= 0.6 is 0 Å². The van der Waals surface area contributed by atoms with E-state index in [0.29, 0.717) is 18.8 Å². The Balaban J connectivity index is 1.54. The number of benzene rings is 1. The molecular formula is C20H23F2N3O. The third kappa shape index (κ3) is 3.85. The van der Waals surface area contributed by atoms with E-state index in [2.05, 4.69) is 14.9 Å². The van der Waals surface area contributed by atoms with Gasteiger partial charge in [0, 0.05) is 24.8 Å². The molecule has 138 valence electrons. The predicted octanol–water partition coefficient (Wildman–Crippen LogP) is 3.74. The van der Waals surface area contributed by atoms with Gasteiger partial charge in [-0.3, -0.25) is 4.90 Å². The lowest BCUT2D eigenvalue weighted by atomic mass is 9.97. The molecule has 26 heavy (non-hydrogen) atoms. The number of hydrogen-bond donors (Lipinski definition) is 0. The van der Waals surface area contributed by atoms with Gasteiger partial charge in [0.1, 0.15) is 24.4 Å². The molecule has 2 heterocycles. The minimum Gasteiger partial charge on any atom is -0.473 e. The summed E-state index contributed by atoms with van der Waals surface area (Å²) >= 11 is 0. The minimum absolute atomic E-state index is 0.0646. The minimum atomic E-state index is -0.770. The first-order chi connectivity index (χ1) is 12.7. The summed E-state index contributed by atoms with van der Waals surface area (Å²) in [5.41, 5.74) is 1.11. The number of hydrogen-bond acceptors (Lipinski definition) is 4. The third-order valence-electron chi connectivity index (χ3n) is 5.50. The molecule has 0 N–H and O–H groups in total. The highest BCUT2D eigenvalue weighted by Gasteiger charge is 2.41. The second-order valence-corrected chi connectivity index (χ2v) is 7.23. The molecule has 0 spiro atoms. The van der Waals surface area contributed by atoms with Crippen molar-refractivity contribution in [3.63, 3.8) is 0 Å². The van der Waals surface area contributed by atoms with Gasteiger partial charge in [0.2, 0.25) is 5.88 Å². The highest BCUT2D eigenvalue weighted by Crippen LogP contribution is 2.39. The Kier molecular flexibility index (Phi) is 5.11. The molecule has 2 fully saturated rings. The van der Waals surface area contributed by atoms with Gasteiger partial charge in [-0.05, 0) is 55.8 Å². The average Bonchev–Trinajstić information content (AvgIpc) is 3.07. The molecule has 2 aliphatic rings. The number of ether oxygens (including phenoxy) is 1. The normalized spacial score (nSPS) is 29.6. The summed E-state index contributed by atoms with van der Waals surface area (Å²) in [6.45, 7) is 1.36. The van der Waals surface area contributed by atoms with Crippen molar-refractivity contribution in [1.29, 1.82) is 0 Å². The summed E-state index contributed by atoms with van der Waals surface area (Å²) in [4.78, 5) is 10.3. The Morgan fingerprint density at radius 2 is 1.96 bits per heavy atom. The first kappa shape index (κ1) is 17.3. The number of alkyl halides is 1. The van der Waals surface area contributed by atoms with Crippen molar-refractivity contribution in [3.8, 4) is 5.88 Å². The van der Waals surface area contributed by atoms with Gasteiger partial charge in [-0.15, -0.1) is 0 Å². The van der Waals surface area contributed by atoms with Crippen LogP contribution in [0.5, 0.6) is 5.88 Å². The molecular weight excluding hydrogens is 336 g/mol. The quantitative estimate of drug-likeness (QED) is 0.833. The summed E-state index contributed by atoms with van der Waals surface area (Å²) in [5, 5.41) is 0. The molecule has 0 radical (unpaired) electrons. The van der Waals surface area contributed by atoms with E-state index in [-0.39, 0.29) is 23.9 Å². The standard InChI is InChI=1S/C20H23F2N3O/c21-16-5-3-14(4-6-16)15-10-18(25-9-1-2-17(22)12-25)19(11-15)26-20-7-8-23-13-24-20/h3-8,13,15,17-19H,1-2,9-12H2. The fourth-order valence-electron chi connectivity index (χ4n) is 4.25. The van der Waals surface area contributed by atoms with Crippen LogP contribution in [0.25, 0.3) is 0 Å². The van der Waals surface area contributed by atoms with E-state index < -0.39 is 6.17 Å². The zero-order valence-corrected chi connectivity index (χ0v) is 14.6. The van der Waals surface area contributed by atoms with Gasteiger partial charge in [-0.25, -0.2) is 18.7 Å². The first-order valence-corrected chi connectivity index (χ1v) is 9.25. The molecule has 1 saturated carbocycles. The summed E-state index contributed by atoms with van der Waals surface area (Å²) in [6, 6.07) is 8.58. The largest absolute Gasteiger partial charge is 0.473 e. The Morgan fingerprint density at radius 1 is 1.12 bits per heavy atom. The van der Waals surface area contributed by atoms with Crippen molar-refractivity contribution in [2.45, 2.75) is 49.9 Å². The summed E-state index contributed by atoms with van der Waals surface area (Å²) < 4.78 is 33.4. The Labute approximate surface area is 152 Å². The maximum atomic E-state index is 14.0. The molecule has 1 aromatic carbocycles. The Morgan fingerprint density at radius 3 is 2.69 bits per heavy atom. The monoisotopic (exact) mass is 359 g/mol. The van der Waals surface area contributed by atoms with Crippen LogP contribution in [0.1, 0.15) is 37.2 Å². The first-order valence-electron chi connectivity index (χ1n) is 9.25.